The molecule has 3 rings (SSSR count). The Labute approximate surface area is 114 Å². The first-order valence-electron chi connectivity index (χ1n) is 7.02. The van der Waals surface area contributed by atoms with E-state index in [0.29, 0.717) is 5.15 Å². The molecule has 2 heterocycles. The lowest BCUT2D eigenvalue weighted by atomic mass is 9.78. The quantitative estimate of drug-likeness (QED) is 0.768. The first-order chi connectivity index (χ1) is 8.78. The molecule has 0 amide bonds. The molecule has 0 N–H and O–H groups in total. The molecule has 2 unspecified atom stereocenters. The SMILES string of the molecule is CCc1c(Cl)ncnc1N1CC2CCCC(C2)C1. The average Bonchev–Trinajstić information content (AvgIpc) is 2.38. The molecule has 3 nitrogen and oxygen atoms in total. The molecule has 2 bridgehead atoms. The number of aromatic nitrogens is 2. The molecule has 1 saturated carbocycles. The third-order valence-corrected chi connectivity index (χ3v) is 4.70. The number of rotatable bonds is 2. The summed E-state index contributed by atoms with van der Waals surface area (Å²) in [6.07, 6.45) is 8.09. The maximum atomic E-state index is 6.19. The van der Waals surface area contributed by atoms with E-state index in [-0.39, 0.29) is 0 Å². The van der Waals surface area contributed by atoms with Crippen LogP contribution in [0.15, 0.2) is 6.33 Å². The van der Waals surface area contributed by atoms with Crippen LogP contribution in [0.5, 0.6) is 0 Å². The van der Waals surface area contributed by atoms with E-state index in [4.69, 9.17) is 11.6 Å². The van der Waals surface area contributed by atoms with Crippen LogP contribution in [0.4, 0.5) is 5.82 Å². The molecule has 1 aromatic rings. The van der Waals surface area contributed by atoms with E-state index in [1.54, 1.807) is 6.33 Å². The fourth-order valence-corrected chi connectivity index (χ4v) is 3.83. The van der Waals surface area contributed by atoms with Gasteiger partial charge in [-0.15, -0.1) is 0 Å². The second-order valence-corrected chi connectivity index (χ2v) is 5.98. The summed E-state index contributed by atoms with van der Waals surface area (Å²) in [4.78, 5) is 11.0. The van der Waals surface area contributed by atoms with Gasteiger partial charge in [-0.3, -0.25) is 0 Å². The van der Waals surface area contributed by atoms with Gasteiger partial charge in [0.15, 0.2) is 0 Å². The van der Waals surface area contributed by atoms with Crippen molar-refractivity contribution in [3.05, 3.63) is 17.0 Å². The van der Waals surface area contributed by atoms with Gasteiger partial charge in [0.1, 0.15) is 17.3 Å². The van der Waals surface area contributed by atoms with Gasteiger partial charge in [0.05, 0.1) is 0 Å². The van der Waals surface area contributed by atoms with Crippen molar-refractivity contribution >= 4 is 17.4 Å². The Hall–Kier alpha value is -0.830. The smallest absolute Gasteiger partial charge is 0.137 e. The molecule has 1 aromatic heterocycles. The van der Waals surface area contributed by atoms with Crippen molar-refractivity contribution in [2.24, 2.45) is 11.8 Å². The topological polar surface area (TPSA) is 29.0 Å². The first kappa shape index (κ1) is 12.2. The molecule has 18 heavy (non-hydrogen) atoms. The third kappa shape index (κ3) is 2.20. The Kier molecular flexibility index (Phi) is 3.42. The highest BCUT2D eigenvalue weighted by molar-refractivity contribution is 6.30. The number of nitrogens with zero attached hydrogens (tertiary/aromatic N) is 3. The fraction of sp³-hybridized carbons (Fsp3) is 0.714. The van der Waals surface area contributed by atoms with Gasteiger partial charge in [-0.25, -0.2) is 9.97 Å². The van der Waals surface area contributed by atoms with Gasteiger partial charge in [0.2, 0.25) is 0 Å². The summed E-state index contributed by atoms with van der Waals surface area (Å²) in [6.45, 7) is 4.42. The van der Waals surface area contributed by atoms with Crippen LogP contribution in [0.25, 0.3) is 0 Å². The second-order valence-electron chi connectivity index (χ2n) is 5.62. The van der Waals surface area contributed by atoms with Gasteiger partial charge in [0, 0.05) is 18.7 Å². The second kappa shape index (κ2) is 5.04. The van der Waals surface area contributed by atoms with Crippen molar-refractivity contribution in [2.45, 2.75) is 39.0 Å². The predicted molar refractivity (Wildman–Crippen MR) is 74.1 cm³/mol. The molecular formula is C14H20ClN3. The standard InChI is InChI=1S/C14H20ClN3/c1-2-12-13(15)16-9-17-14(12)18-7-10-4-3-5-11(6-10)8-18/h9-11H,2-8H2,1H3. The molecule has 2 fully saturated rings. The molecule has 98 valence electrons. The molecule has 1 aliphatic carbocycles. The number of piperidine rings is 1. The molecule has 0 aromatic carbocycles. The Bertz CT molecular complexity index is 423. The van der Waals surface area contributed by atoms with Gasteiger partial charge in [-0.1, -0.05) is 24.9 Å². The van der Waals surface area contributed by atoms with Gasteiger partial charge >= 0.3 is 0 Å². The molecule has 0 spiro atoms. The zero-order valence-electron chi connectivity index (χ0n) is 10.9. The number of anilines is 1. The summed E-state index contributed by atoms with van der Waals surface area (Å²) in [5.41, 5.74) is 1.11. The van der Waals surface area contributed by atoms with Crippen LogP contribution in [-0.2, 0) is 6.42 Å². The minimum atomic E-state index is 0.623. The fourth-order valence-electron chi connectivity index (χ4n) is 3.56. The first-order valence-corrected chi connectivity index (χ1v) is 7.40. The third-order valence-electron chi connectivity index (χ3n) is 4.37. The van der Waals surface area contributed by atoms with Crippen molar-refractivity contribution in [1.82, 2.24) is 9.97 Å². The van der Waals surface area contributed by atoms with Crippen LogP contribution >= 0.6 is 11.6 Å². The van der Waals surface area contributed by atoms with E-state index >= 15 is 0 Å². The van der Waals surface area contributed by atoms with Crippen LogP contribution in [0.2, 0.25) is 5.15 Å². The molecule has 1 aliphatic heterocycles. The van der Waals surface area contributed by atoms with Crippen molar-refractivity contribution in [2.75, 3.05) is 18.0 Å². The van der Waals surface area contributed by atoms with E-state index in [2.05, 4.69) is 21.8 Å². The van der Waals surface area contributed by atoms with Crippen LogP contribution in [0, 0.1) is 11.8 Å². The summed E-state index contributed by atoms with van der Waals surface area (Å²) in [7, 11) is 0. The highest BCUT2D eigenvalue weighted by atomic mass is 35.5. The minimum Gasteiger partial charge on any atom is -0.356 e. The van der Waals surface area contributed by atoms with Crippen molar-refractivity contribution in [1.29, 1.82) is 0 Å². The Morgan fingerprint density at radius 1 is 1.28 bits per heavy atom. The van der Waals surface area contributed by atoms with Gasteiger partial charge in [-0.2, -0.15) is 0 Å². The summed E-state index contributed by atoms with van der Waals surface area (Å²) in [5.74, 6) is 2.79. The van der Waals surface area contributed by atoms with E-state index in [0.717, 1.165) is 42.7 Å². The van der Waals surface area contributed by atoms with Crippen LogP contribution in [-0.4, -0.2) is 23.1 Å². The predicted octanol–water partition coefficient (Wildman–Crippen LogP) is 3.32. The highest BCUT2D eigenvalue weighted by Gasteiger charge is 2.32. The minimum absolute atomic E-state index is 0.623. The summed E-state index contributed by atoms with van der Waals surface area (Å²) in [6, 6.07) is 0. The molecular weight excluding hydrogens is 246 g/mol. The average molecular weight is 266 g/mol. The van der Waals surface area contributed by atoms with Crippen molar-refractivity contribution in [3.63, 3.8) is 0 Å². The summed E-state index contributed by atoms with van der Waals surface area (Å²) in [5, 5.41) is 0.623. The van der Waals surface area contributed by atoms with Crippen LogP contribution < -0.4 is 4.90 Å². The summed E-state index contributed by atoms with van der Waals surface area (Å²) >= 11 is 6.19. The Balaban J connectivity index is 1.88. The van der Waals surface area contributed by atoms with Crippen molar-refractivity contribution in [3.8, 4) is 0 Å². The number of hydrogen-bond acceptors (Lipinski definition) is 3. The van der Waals surface area contributed by atoms with Gasteiger partial charge < -0.3 is 4.90 Å². The lowest BCUT2D eigenvalue weighted by Gasteiger charge is -2.42. The van der Waals surface area contributed by atoms with Gasteiger partial charge in [0.25, 0.3) is 0 Å². The largest absolute Gasteiger partial charge is 0.356 e. The Morgan fingerprint density at radius 2 is 2.00 bits per heavy atom. The number of halogens is 1. The van der Waals surface area contributed by atoms with Crippen LogP contribution in [0.3, 0.4) is 0 Å². The van der Waals surface area contributed by atoms with E-state index in [9.17, 15) is 0 Å². The zero-order valence-corrected chi connectivity index (χ0v) is 11.7. The maximum Gasteiger partial charge on any atom is 0.137 e. The normalized spacial score (nSPS) is 27.3. The number of fused-ring (bicyclic) bond motifs is 2. The molecule has 2 aliphatic rings. The highest BCUT2D eigenvalue weighted by Crippen LogP contribution is 2.37. The lowest BCUT2D eigenvalue weighted by Crippen LogP contribution is -2.43. The summed E-state index contributed by atoms with van der Waals surface area (Å²) < 4.78 is 0. The monoisotopic (exact) mass is 265 g/mol. The van der Waals surface area contributed by atoms with Gasteiger partial charge in [-0.05, 0) is 37.5 Å². The molecule has 2 atom stereocenters. The Morgan fingerprint density at radius 3 is 2.67 bits per heavy atom. The van der Waals surface area contributed by atoms with E-state index < -0.39 is 0 Å². The van der Waals surface area contributed by atoms with Crippen LogP contribution in [0.1, 0.15) is 38.2 Å². The van der Waals surface area contributed by atoms with E-state index in [1.807, 2.05) is 0 Å². The number of hydrogen-bond donors (Lipinski definition) is 0. The molecule has 1 saturated heterocycles. The molecule has 0 radical (unpaired) electrons. The van der Waals surface area contributed by atoms with E-state index in [1.165, 1.54) is 25.7 Å². The molecule has 4 heteroatoms. The van der Waals surface area contributed by atoms with Crippen molar-refractivity contribution < 1.29 is 0 Å². The lowest BCUT2D eigenvalue weighted by molar-refractivity contribution is 0.230. The zero-order chi connectivity index (χ0) is 12.5. The maximum absolute atomic E-state index is 6.19.